The van der Waals surface area contributed by atoms with E-state index < -0.39 is 27.0 Å². The number of carbonyl (C=O) groups is 1. The van der Waals surface area contributed by atoms with Crippen LogP contribution in [0, 0.1) is 29.5 Å². The summed E-state index contributed by atoms with van der Waals surface area (Å²) in [5.41, 5.74) is 0.640. The Hall–Kier alpha value is -1.63. The molecule has 0 saturated heterocycles. The van der Waals surface area contributed by atoms with Crippen LogP contribution in [0.2, 0.25) is 0 Å². The van der Waals surface area contributed by atoms with E-state index in [1.54, 1.807) is 0 Å². The van der Waals surface area contributed by atoms with Crippen molar-refractivity contribution in [1.29, 1.82) is 0 Å². The minimum Gasteiger partial charge on any atom is -0.490 e. The van der Waals surface area contributed by atoms with Gasteiger partial charge in [-0.25, -0.2) is 17.5 Å². The zero-order valence-electron chi connectivity index (χ0n) is 14.9. The predicted molar refractivity (Wildman–Crippen MR) is 95.4 cm³/mol. The van der Waals surface area contributed by atoms with Gasteiger partial charge in [-0.2, -0.15) is 0 Å². The lowest BCUT2D eigenvalue weighted by Crippen LogP contribution is -2.34. The number of rotatable bonds is 6. The van der Waals surface area contributed by atoms with E-state index in [0.29, 0.717) is 18.6 Å². The second-order valence-corrected chi connectivity index (χ2v) is 11.0. The van der Waals surface area contributed by atoms with Gasteiger partial charge in [-0.3, -0.25) is 4.79 Å². The first-order valence-electron chi connectivity index (χ1n) is 9.98. The van der Waals surface area contributed by atoms with E-state index in [2.05, 4.69) is 0 Å². The molecule has 7 rings (SSSR count). The Kier molecular flexibility index (Phi) is 3.17. The third kappa shape index (κ3) is 2.69. The summed E-state index contributed by atoms with van der Waals surface area (Å²) in [6.45, 7) is 0. The molecule has 6 saturated carbocycles. The molecule has 144 valence electrons. The molecule has 1 aromatic rings. The van der Waals surface area contributed by atoms with Gasteiger partial charge < -0.3 is 4.74 Å². The molecular weight excluding hydrogens is 369 g/mol. The molecule has 0 unspecified atom stereocenters. The van der Waals surface area contributed by atoms with E-state index in [0.717, 1.165) is 54.9 Å². The molecule has 6 fully saturated rings. The first-order valence-corrected chi connectivity index (χ1v) is 11.5. The highest BCUT2D eigenvalue weighted by Crippen LogP contribution is 2.79. The Labute approximate surface area is 157 Å². The first kappa shape index (κ1) is 16.3. The number of nitrogens with one attached hydrogen (secondary N) is 1. The lowest BCUT2D eigenvalue weighted by Gasteiger charge is -2.29. The fourth-order valence-electron chi connectivity index (χ4n) is 5.16. The summed E-state index contributed by atoms with van der Waals surface area (Å²) in [4.78, 5) is 12.4. The summed E-state index contributed by atoms with van der Waals surface area (Å²) in [7, 11) is -3.70. The van der Waals surface area contributed by atoms with E-state index in [1.165, 1.54) is 12.1 Å². The summed E-state index contributed by atoms with van der Waals surface area (Å²) in [6.07, 6.45) is 5.33. The van der Waals surface area contributed by atoms with Crippen LogP contribution in [0.1, 0.15) is 60.4 Å². The van der Waals surface area contributed by atoms with Crippen LogP contribution < -0.4 is 9.46 Å². The Balaban J connectivity index is 1.25. The van der Waals surface area contributed by atoms with Crippen molar-refractivity contribution in [1.82, 2.24) is 4.72 Å². The second-order valence-electron chi connectivity index (χ2n) is 9.01. The Bertz CT molecular complexity index is 929. The van der Waals surface area contributed by atoms with Crippen molar-refractivity contribution in [2.45, 2.75) is 55.8 Å². The molecular formula is C20H22FNO4S. The maximum atomic E-state index is 14.7. The molecule has 2 bridgehead atoms. The summed E-state index contributed by atoms with van der Waals surface area (Å²) in [5.74, 6) is 2.75. The van der Waals surface area contributed by atoms with E-state index in [1.807, 2.05) is 4.72 Å². The standard InChI is InChI=1S/C20H22FNO4S/c21-16-8-17(26-10-5-14-18-15(6-10)19(14)18)12(9-1-2-9)7-13(16)20(23)22-27(24,25)11-3-4-11/h7-11,14-15,18-19H,1-6H2,(H,22,23). The van der Waals surface area contributed by atoms with Crippen LogP contribution in [-0.4, -0.2) is 25.7 Å². The maximum absolute atomic E-state index is 14.7. The fraction of sp³-hybridized carbons (Fsp3) is 0.650. The van der Waals surface area contributed by atoms with Crippen LogP contribution in [0.4, 0.5) is 4.39 Å². The van der Waals surface area contributed by atoms with E-state index in [-0.39, 0.29) is 17.6 Å². The van der Waals surface area contributed by atoms with Crippen molar-refractivity contribution in [2.75, 3.05) is 0 Å². The van der Waals surface area contributed by atoms with Crippen molar-refractivity contribution in [3.63, 3.8) is 0 Å². The number of ether oxygens (including phenoxy) is 1. The SMILES string of the molecule is O=C(NS(=O)(=O)C1CC1)c1cc(C2CC2)c(OC2CC3C4C(C2)C34)cc1F. The lowest BCUT2D eigenvalue weighted by molar-refractivity contribution is 0.0976. The highest BCUT2D eigenvalue weighted by atomic mass is 32.2. The van der Waals surface area contributed by atoms with Gasteiger partial charge in [-0.15, -0.1) is 0 Å². The molecule has 7 heteroatoms. The molecule has 6 aliphatic carbocycles. The van der Waals surface area contributed by atoms with Gasteiger partial charge in [0.05, 0.1) is 16.9 Å². The Morgan fingerprint density at radius 3 is 2.33 bits per heavy atom. The highest BCUT2D eigenvalue weighted by molar-refractivity contribution is 7.91. The predicted octanol–water partition coefficient (Wildman–Crippen LogP) is 2.96. The zero-order valence-corrected chi connectivity index (χ0v) is 15.7. The largest absolute Gasteiger partial charge is 0.490 e. The average Bonchev–Trinajstić information content (AvgIpc) is 3.49. The van der Waals surface area contributed by atoms with Gasteiger partial charge in [-0.1, -0.05) is 0 Å². The van der Waals surface area contributed by atoms with Gasteiger partial charge in [0.1, 0.15) is 11.6 Å². The fourth-order valence-corrected chi connectivity index (χ4v) is 6.45. The first-order chi connectivity index (χ1) is 12.9. The van der Waals surface area contributed by atoms with Crippen molar-refractivity contribution in [3.05, 3.63) is 29.1 Å². The summed E-state index contributed by atoms with van der Waals surface area (Å²) in [6, 6.07) is 2.80. The summed E-state index contributed by atoms with van der Waals surface area (Å²) in [5, 5.41) is -0.519. The molecule has 0 aromatic heterocycles. The van der Waals surface area contributed by atoms with Gasteiger partial charge in [0.2, 0.25) is 10.0 Å². The molecule has 1 aromatic carbocycles. The summed E-state index contributed by atoms with van der Waals surface area (Å²) >= 11 is 0. The Morgan fingerprint density at radius 2 is 1.74 bits per heavy atom. The van der Waals surface area contributed by atoms with Crippen molar-refractivity contribution in [2.24, 2.45) is 23.7 Å². The molecule has 6 aliphatic rings. The van der Waals surface area contributed by atoms with Crippen molar-refractivity contribution in [3.8, 4) is 5.75 Å². The maximum Gasteiger partial charge on any atom is 0.267 e. The van der Waals surface area contributed by atoms with Crippen LogP contribution in [0.3, 0.4) is 0 Å². The molecule has 0 atom stereocenters. The molecule has 0 heterocycles. The van der Waals surface area contributed by atoms with Gasteiger partial charge in [-0.05, 0) is 79.7 Å². The van der Waals surface area contributed by atoms with Gasteiger partial charge in [0.15, 0.2) is 0 Å². The second kappa shape index (κ2) is 5.25. The van der Waals surface area contributed by atoms with Crippen LogP contribution in [-0.2, 0) is 10.0 Å². The monoisotopic (exact) mass is 391 g/mol. The lowest BCUT2D eigenvalue weighted by atomic mass is 9.86. The minimum atomic E-state index is -3.70. The smallest absolute Gasteiger partial charge is 0.267 e. The topological polar surface area (TPSA) is 72.5 Å². The Morgan fingerprint density at radius 1 is 1.07 bits per heavy atom. The quantitative estimate of drug-likeness (QED) is 0.809. The van der Waals surface area contributed by atoms with Crippen LogP contribution in [0.15, 0.2) is 12.1 Å². The van der Waals surface area contributed by atoms with Crippen LogP contribution >= 0.6 is 0 Å². The number of sulfonamides is 1. The summed E-state index contributed by atoms with van der Waals surface area (Å²) < 4.78 is 46.9. The van der Waals surface area contributed by atoms with E-state index in [4.69, 9.17) is 4.74 Å². The van der Waals surface area contributed by atoms with Gasteiger partial charge in [0.25, 0.3) is 5.91 Å². The van der Waals surface area contributed by atoms with Crippen molar-refractivity contribution < 1.29 is 22.3 Å². The van der Waals surface area contributed by atoms with Crippen molar-refractivity contribution >= 4 is 15.9 Å². The average molecular weight is 391 g/mol. The number of fused-ring (bicyclic) bond motifs is 2. The zero-order chi connectivity index (χ0) is 18.5. The van der Waals surface area contributed by atoms with Crippen LogP contribution in [0.5, 0.6) is 5.75 Å². The van der Waals surface area contributed by atoms with Gasteiger partial charge >= 0.3 is 0 Å². The molecule has 0 aliphatic heterocycles. The molecule has 0 spiro atoms. The molecule has 27 heavy (non-hydrogen) atoms. The number of carbonyl (C=O) groups excluding carboxylic acids is 1. The molecule has 1 N–H and O–H groups in total. The molecule has 0 radical (unpaired) electrons. The minimum absolute atomic E-state index is 0.141. The number of benzene rings is 1. The van der Waals surface area contributed by atoms with E-state index >= 15 is 0 Å². The number of halogens is 1. The van der Waals surface area contributed by atoms with E-state index in [9.17, 15) is 17.6 Å². The number of amides is 1. The normalized spacial score (nSPS) is 36.0. The third-order valence-electron chi connectivity index (χ3n) is 7.06. The molecule has 5 nitrogen and oxygen atoms in total. The number of hydrogen-bond acceptors (Lipinski definition) is 4. The third-order valence-corrected chi connectivity index (χ3v) is 8.88. The number of hydrogen-bond donors (Lipinski definition) is 1. The van der Waals surface area contributed by atoms with Gasteiger partial charge in [0, 0.05) is 6.07 Å². The van der Waals surface area contributed by atoms with Crippen LogP contribution in [0.25, 0.3) is 0 Å². The molecule has 1 amide bonds. The highest BCUT2D eigenvalue weighted by Gasteiger charge is 2.75.